The summed E-state index contributed by atoms with van der Waals surface area (Å²) in [4.78, 5) is 0. The monoisotopic (exact) mass is 608 g/mol. The molecular weight excluding hydrogens is 560 g/mol. The van der Waals surface area contributed by atoms with Crippen LogP contribution in [-0.2, 0) is 0 Å². The van der Waals surface area contributed by atoms with Gasteiger partial charge in [0.15, 0.2) is 23.2 Å². The highest BCUT2D eigenvalue weighted by molar-refractivity contribution is 5.72. The molecule has 3 aromatic carbocycles. The third kappa shape index (κ3) is 7.51. The minimum absolute atomic E-state index is 0.0502. The molecule has 2 saturated carbocycles. The van der Waals surface area contributed by atoms with E-state index in [1.807, 2.05) is 0 Å². The Labute approximate surface area is 261 Å². The van der Waals surface area contributed by atoms with Crippen molar-refractivity contribution in [2.24, 2.45) is 17.8 Å². The highest BCUT2D eigenvalue weighted by Gasteiger charge is 2.32. The molecule has 0 bridgehead atoms. The van der Waals surface area contributed by atoms with E-state index in [4.69, 9.17) is 4.74 Å². The number of hydrogen-bond donors (Lipinski definition) is 0. The van der Waals surface area contributed by atoms with Gasteiger partial charge in [0.05, 0.1) is 6.61 Å². The first-order valence-electron chi connectivity index (χ1n) is 17.1. The molecule has 1 nitrogen and oxygen atoms in total. The Hall–Kier alpha value is -2.82. The lowest BCUT2D eigenvalue weighted by molar-refractivity contribution is 0.155. The molecule has 0 atom stereocenters. The second-order valence-corrected chi connectivity index (χ2v) is 13.2. The zero-order valence-corrected chi connectivity index (χ0v) is 26.5. The number of benzene rings is 3. The Bertz CT molecular complexity index is 1350. The molecular formula is C39H48F4O. The molecule has 5 heteroatoms. The minimum Gasteiger partial charge on any atom is -0.491 e. The van der Waals surface area contributed by atoms with Crippen molar-refractivity contribution in [3.05, 3.63) is 77.4 Å². The molecule has 0 radical (unpaired) electrons. The zero-order chi connectivity index (χ0) is 31.1. The van der Waals surface area contributed by atoms with Gasteiger partial charge in [0, 0.05) is 11.1 Å². The molecule has 0 spiro atoms. The first kappa shape index (κ1) is 32.6. The van der Waals surface area contributed by atoms with Crippen LogP contribution in [0.1, 0.15) is 115 Å². The Balaban J connectivity index is 1.16. The predicted octanol–water partition coefficient (Wildman–Crippen LogP) is 12.4. The number of unbranched alkanes of at least 4 members (excludes halogenated alkanes) is 4. The Morgan fingerprint density at radius 1 is 0.568 bits per heavy atom. The third-order valence-electron chi connectivity index (χ3n) is 10.5. The van der Waals surface area contributed by atoms with Gasteiger partial charge in [-0.25, -0.2) is 13.2 Å². The van der Waals surface area contributed by atoms with Crippen LogP contribution in [-0.4, -0.2) is 6.61 Å². The van der Waals surface area contributed by atoms with Crippen LogP contribution in [0.3, 0.4) is 0 Å². The molecule has 238 valence electrons. The average molecular weight is 609 g/mol. The van der Waals surface area contributed by atoms with Gasteiger partial charge in [-0.05, 0) is 97.9 Å². The van der Waals surface area contributed by atoms with Crippen molar-refractivity contribution in [1.29, 1.82) is 0 Å². The molecule has 2 aliphatic rings. The average Bonchev–Trinajstić information content (AvgIpc) is 3.05. The van der Waals surface area contributed by atoms with Crippen molar-refractivity contribution in [2.45, 2.75) is 110 Å². The van der Waals surface area contributed by atoms with Gasteiger partial charge in [-0.3, -0.25) is 0 Å². The summed E-state index contributed by atoms with van der Waals surface area (Å²) in [6.45, 7) is 4.20. The van der Waals surface area contributed by atoms with Crippen LogP contribution >= 0.6 is 0 Å². The van der Waals surface area contributed by atoms with Crippen LogP contribution in [0.2, 0.25) is 0 Å². The summed E-state index contributed by atoms with van der Waals surface area (Å²) in [5.74, 6) is -1.30. The second kappa shape index (κ2) is 15.5. The fourth-order valence-corrected chi connectivity index (χ4v) is 7.84. The van der Waals surface area contributed by atoms with E-state index in [2.05, 4.69) is 6.92 Å². The van der Waals surface area contributed by atoms with E-state index in [1.165, 1.54) is 76.3 Å². The van der Waals surface area contributed by atoms with E-state index in [0.29, 0.717) is 16.7 Å². The molecule has 5 rings (SSSR count). The highest BCUT2D eigenvalue weighted by atomic mass is 19.2. The number of rotatable bonds is 12. The summed E-state index contributed by atoms with van der Waals surface area (Å²) >= 11 is 0. The molecule has 2 aliphatic carbocycles. The molecule has 0 aliphatic heterocycles. The van der Waals surface area contributed by atoms with E-state index in [-0.39, 0.29) is 29.4 Å². The summed E-state index contributed by atoms with van der Waals surface area (Å²) in [5.41, 5.74) is 1.68. The maximum atomic E-state index is 15.5. The molecule has 0 N–H and O–H groups in total. The van der Waals surface area contributed by atoms with Gasteiger partial charge in [-0.15, -0.1) is 0 Å². The maximum Gasteiger partial charge on any atom is 0.201 e. The van der Waals surface area contributed by atoms with Crippen molar-refractivity contribution in [3.8, 4) is 28.0 Å². The lowest BCUT2D eigenvalue weighted by Crippen LogP contribution is -2.25. The van der Waals surface area contributed by atoms with Crippen molar-refractivity contribution < 1.29 is 22.3 Å². The first-order valence-corrected chi connectivity index (χ1v) is 17.1. The third-order valence-corrected chi connectivity index (χ3v) is 10.5. The van der Waals surface area contributed by atoms with Gasteiger partial charge in [0.2, 0.25) is 5.82 Å². The zero-order valence-electron chi connectivity index (χ0n) is 26.5. The first-order chi connectivity index (χ1) is 21.4. The molecule has 0 amide bonds. The summed E-state index contributed by atoms with van der Waals surface area (Å²) in [6, 6.07) is 12.7. The molecule has 3 aromatic rings. The van der Waals surface area contributed by atoms with Crippen molar-refractivity contribution in [1.82, 2.24) is 0 Å². The number of hydrogen-bond acceptors (Lipinski definition) is 1. The largest absolute Gasteiger partial charge is 0.491 e. The maximum absolute atomic E-state index is 15.5. The van der Waals surface area contributed by atoms with Crippen LogP contribution in [0.25, 0.3) is 22.3 Å². The summed E-state index contributed by atoms with van der Waals surface area (Å²) in [7, 11) is 0. The molecule has 0 saturated heterocycles. The number of halogens is 4. The fourth-order valence-electron chi connectivity index (χ4n) is 7.84. The molecule has 44 heavy (non-hydrogen) atoms. The van der Waals surface area contributed by atoms with E-state index in [0.717, 1.165) is 43.4 Å². The van der Waals surface area contributed by atoms with E-state index < -0.39 is 23.3 Å². The van der Waals surface area contributed by atoms with Crippen LogP contribution < -0.4 is 4.74 Å². The summed E-state index contributed by atoms with van der Waals surface area (Å²) in [5, 5.41) is 0. The predicted molar refractivity (Wildman–Crippen MR) is 172 cm³/mol. The fraction of sp³-hybridized carbons (Fsp3) is 0.538. The van der Waals surface area contributed by atoms with Gasteiger partial charge in [0.25, 0.3) is 0 Å². The molecule has 0 aromatic heterocycles. The lowest BCUT2D eigenvalue weighted by Gasteiger charge is -2.38. The Morgan fingerprint density at radius 3 is 1.70 bits per heavy atom. The second-order valence-electron chi connectivity index (χ2n) is 13.2. The highest BCUT2D eigenvalue weighted by Crippen LogP contribution is 2.45. The van der Waals surface area contributed by atoms with Crippen molar-refractivity contribution >= 4 is 0 Å². The van der Waals surface area contributed by atoms with E-state index in [1.54, 1.807) is 43.3 Å². The summed E-state index contributed by atoms with van der Waals surface area (Å²) in [6.07, 6.45) is 17.7. The van der Waals surface area contributed by atoms with Crippen molar-refractivity contribution in [3.63, 3.8) is 0 Å². The standard InChI is InChI=1S/C39H48F4O/c1-3-5-6-7-8-9-26-10-12-27(13-11-26)28-14-16-29(17-15-28)32-22-23-33(37(41)36(32)40)30-18-20-31(21-19-30)34-24-25-35(44-4-2)39(43)38(34)42/h18-29H,3-17H2,1-2H3. The van der Waals surface area contributed by atoms with Gasteiger partial charge < -0.3 is 4.74 Å². The quantitative estimate of drug-likeness (QED) is 0.147. The van der Waals surface area contributed by atoms with Crippen LogP contribution in [0.15, 0.2) is 48.5 Å². The summed E-state index contributed by atoms with van der Waals surface area (Å²) < 4.78 is 65.1. The van der Waals surface area contributed by atoms with Crippen LogP contribution in [0.4, 0.5) is 17.6 Å². The molecule has 0 unspecified atom stereocenters. The van der Waals surface area contributed by atoms with E-state index >= 15 is 8.78 Å². The SMILES string of the molecule is CCCCCCCC1CCC(C2CCC(c3ccc(-c4ccc(-c5ccc(OCC)c(F)c5F)cc4)c(F)c3F)CC2)CC1. The van der Waals surface area contributed by atoms with Gasteiger partial charge in [0.1, 0.15) is 0 Å². The topological polar surface area (TPSA) is 9.23 Å². The smallest absolute Gasteiger partial charge is 0.201 e. The minimum atomic E-state index is -1.04. The van der Waals surface area contributed by atoms with Crippen LogP contribution in [0.5, 0.6) is 5.75 Å². The van der Waals surface area contributed by atoms with Gasteiger partial charge in [-0.1, -0.05) is 94.7 Å². The normalized spacial score (nSPS) is 22.2. The van der Waals surface area contributed by atoms with E-state index in [9.17, 15) is 8.78 Å². The lowest BCUT2D eigenvalue weighted by atomic mass is 9.68. The van der Waals surface area contributed by atoms with Crippen molar-refractivity contribution in [2.75, 3.05) is 6.61 Å². The van der Waals surface area contributed by atoms with Crippen LogP contribution in [0, 0.1) is 41.0 Å². The molecule has 0 heterocycles. The Morgan fingerprint density at radius 2 is 1.11 bits per heavy atom. The van der Waals surface area contributed by atoms with Gasteiger partial charge >= 0.3 is 0 Å². The number of ether oxygens (including phenoxy) is 1. The molecule has 2 fully saturated rings. The van der Waals surface area contributed by atoms with Gasteiger partial charge in [-0.2, -0.15) is 4.39 Å². The Kier molecular flexibility index (Phi) is 11.4.